The molecule has 1 rings (SSSR count). The number of aliphatic hydroxyl groups excluding tert-OH is 1. The summed E-state index contributed by atoms with van der Waals surface area (Å²) in [6, 6.07) is 0. The highest BCUT2D eigenvalue weighted by atomic mass is 16.6. The van der Waals surface area contributed by atoms with E-state index in [-0.39, 0.29) is 18.5 Å². The predicted octanol–water partition coefficient (Wildman–Crippen LogP) is 0.877. The quantitative estimate of drug-likeness (QED) is 0.639. The summed E-state index contributed by atoms with van der Waals surface area (Å²) in [5.74, 6) is -0.131. The van der Waals surface area contributed by atoms with E-state index in [2.05, 4.69) is 0 Å². The lowest BCUT2D eigenvalue weighted by Gasteiger charge is -2.23. The van der Waals surface area contributed by atoms with Gasteiger partial charge in [0, 0.05) is 12.7 Å². The molecule has 12 heavy (non-hydrogen) atoms. The van der Waals surface area contributed by atoms with Crippen molar-refractivity contribution in [2.45, 2.75) is 25.9 Å². The molecule has 68 valence electrons. The highest BCUT2D eigenvalue weighted by molar-refractivity contribution is 5.85. The highest BCUT2D eigenvalue weighted by Gasteiger charge is 2.31. The smallest absolute Gasteiger partial charge is 0.331 e. The van der Waals surface area contributed by atoms with Gasteiger partial charge in [0.2, 0.25) is 0 Å². The molecular weight excluding hydrogens is 156 g/mol. The molecule has 0 fully saturated rings. The summed E-state index contributed by atoms with van der Waals surface area (Å²) in [4.78, 5) is 10.8. The van der Waals surface area contributed by atoms with Crippen molar-refractivity contribution in [3.05, 3.63) is 12.2 Å². The van der Waals surface area contributed by atoms with Crippen LogP contribution in [-0.4, -0.2) is 23.3 Å². The van der Waals surface area contributed by atoms with Crippen molar-refractivity contribution in [1.82, 2.24) is 0 Å². The van der Waals surface area contributed by atoms with Crippen LogP contribution < -0.4 is 0 Å². The molecule has 1 aliphatic heterocycles. The number of aliphatic hydroxyl groups is 1. The van der Waals surface area contributed by atoms with E-state index in [1.165, 1.54) is 6.08 Å². The molecule has 0 aliphatic carbocycles. The van der Waals surface area contributed by atoms with E-state index in [0.29, 0.717) is 6.42 Å². The molecule has 1 heterocycles. The summed E-state index contributed by atoms with van der Waals surface area (Å²) in [6.07, 6.45) is 3.86. The first-order valence-corrected chi connectivity index (χ1v) is 4.09. The first-order valence-electron chi connectivity index (χ1n) is 4.09. The molecule has 0 spiro atoms. The highest BCUT2D eigenvalue weighted by Crippen LogP contribution is 2.26. The lowest BCUT2D eigenvalue weighted by molar-refractivity contribution is -0.145. The summed E-state index contributed by atoms with van der Waals surface area (Å²) in [6.45, 7) is 3.90. The van der Waals surface area contributed by atoms with Crippen LogP contribution in [0.4, 0.5) is 0 Å². The topological polar surface area (TPSA) is 46.5 Å². The summed E-state index contributed by atoms with van der Waals surface area (Å²) in [5.41, 5.74) is -0.501. The molecule has 2 atom stereocenters. The van der Waals surface area contributed by atoms with Gasteiger partial charge in [-0.1, -0.05) is 6.92 Å². The summed E-state index contributed by atoms with van der Waals surface area (Å²) >= 11 is 0. The van der Waals surface area contributed by atoms with Crippen LogP contribution in [0.5, 0.6) is 0 Å². The Hall–Kier alpha value is -0.830. The average molecular weight is 170 g/mol. The molecule has 0 unspecified atom stereocenters. The normalized spacial score (nSPS) is 30.4. The van der Waals surface area contributed by atoms with Crippen molar-refractivity contribution in [3.63, 3.8) is 0 Å². The Morgan fingerprint density at radius 1 is 1.75 bits per heavy atom. The van der Waals surface area contributed by atoms with E-state index in [4.69, 9.17) is 9.84 Å². The van der Waals surface area contributed by atoms with E-state index in [0.717, 1.165) is 0 Å². The van der Waals surface area contributed by atoms with Gasteiger partial charge in [-0.25, -0.2) is 4.79 Å². The van der Waals surface area contributed by atoms with Gasteiger partial charge in [0.25, 0.3) is 0 Å². The van der Waals surface area contributed by atoms with Crippen molar-refractivity contribution >= 4 is 5.97 Å². The number of rotatable bonds is 3. The maximum atomic E-state index is 10.8. The molecule has 0 saturated heterocycles. The fourth-order valence-corrected chi connectivity index (χ4v) is 1.41. The SMILES string of the molecule is C[C@@H](CO)C[C@@]1(C)C=CC(=O)O1. The van der Waals surface area contributed by atoms with Crippen LogP contribution in [0, 0.1) is 5.92 Å². The molecule has 0 aromatic heterocycles. The van der Waals surface area contributed by atoms with E-state index in [1.807, 2.05) is 13.8 Å². The van der Waals surface area contributed by atoms with Crippen LogP contribution in [-0.2, 0) is 9.53 Å². The van der Waals surface area contributed by atoms with E-state index < -0.39 is 5.60 Å². The summed E-state index contributed by atoms with van der Waals surface area (Å²) < 4.78 is 5.06. The van der Waals surface area contributed by atoms with Crippen molar-refractivity contribution in [3.8, 4) is 0 Å². The number of carbonyl (C=O) groups is 1. The largest absolute Gasteiger partial charge is 0.452 e. The first-order chi connectivity index (χ1) is 5.56. The zero-order valence-electron chi connectivity index (χ0n) is 7.41. The number of ether oxygens (including phenoxy) is 1. The minimum Gasteiger partial charge on any atom is -0.452 e. The number of cyclic esters (lactones) is 1. The molecule has 0 amide bonds. The molecule has 0 radical (unpaired) electrons. The zero-order chi connectivity index (χ0) is 9.19. The molecular formula is C9H14O3. The van der Waals surface area contributed by atoms with Crippen LogP contribution in [0.25, 0.3) is 0 Å². The third kappa shape index (κ3) is 2.08. The molecule has 0 aromatic carbocycles. The van der Waals surface area contributed by atoms with E-state index in [9.17, 15) is 4.79 Å². The lowest BCUT2D eigenvalue weighted by atomic mass is 9.94. The molecule has 1 N–H and O–H groups in total. The Labute approximate surface area is 72.0 Å². The maximum absolute atomic E-state index is 10.8. The van der Waals surface area contributed by atoms with Crippen LogP contribution in [0.1, 0.15) is 20.3 Å². The number of hydrogen-bond donors (Lipinski definition) is 1. The molecule has 0 aromatic rings. The molecule has 0 saturated carbocycles. The molecule has 3 nitrogen and oxygen atoms in total. The van der Waals surface area contributed by atoms with Gasteiger partial charge in [0.05, 0.1) is 0 Å². The van der Waals surface area contributed by atoms with Crippen LogP contribution in [0.15, 0.2) is 12.2 Å². The third-order valence-electron chi connectivity index (χ3n) is 1.97. The van der Waals surface area contributed by atoms with Crippen molar-refractivity contribution in [2.75, 3.05) is 6.61 Å². The first kappa shape index (κ1) is 9.26. The van der Waals surface area contributed by atoms with E-state index >= 15 is 0 Å². The minimum absolute atomic E-state index is 0.126. The number of esters is 1. The van der Waals surface area contributed by atoms with Crippen LogP contribution in [0.2, 0.25) is 0 Å². The maximum Gasteiger partial charge on any atom is 0.331 e. The molecule has 1 aliphatic rings. The van der Waals surface area contributed by atoms with Crippen LogP contribution in [0.3, 0.4) is 0 Å². The standard InChI is InChI=1S/C9H14O3/c1-7(6-10)5-9(2)4-3-8(11)12-9/h3-4,7,10H,5-6H2,1-2H3/t7-,9-/m1/s1. The minimum atomic E-state index is -0.501. The van der Waals surface area contributed by atoms with Gasteiger partial charge in [0.15, 0.2) is 0 Å². The number of carbonyl (C=O) groups excluding carboxylic acids is 1. The fourth-order valence-electron chi connectivity index (χ4n) is 1.41. The Balaban J connectivity index is 2.51. The third-order valence-corrected chi connectivity index (χ3v) is 1.97. The Morgan fingerprint density at radius 3 is 2.83 bits per heavy atom. The monoisotopic (exact) mass is 170 g/mol. The van der Waals surface area contributed by atoms with Gasteiger partial charge in [0.1, 0.15) is 5.60 Å². The lowest BCUT2D eigenvalue weighted by Crippen LogP contribution is -2.27. The number of hydrogen-bond acceptors (Lipinski definition) is 3. The Morgan fingerprint density at radius 2 is 2.42 bits per heavy atom. The van der Waals surface area contributed by atoms with Gasteiger partial charge >= 0.3 is 5.97 Å². The second kappa shape index (κ2) is 3.27. The summed E-state index contributed by atoms with van der Waals surface area (Å²) in [7, 11) is 0. The predicted molar refractivity (Wildman–Crippen MR) is 44.5 cm³/mol. The van der Waals surface area contributed by atoms with Crippen molar-refractivity contribution in [1.29, 1.82) is 0 Å². The van der Waals surface area contributed by atoms with Gasteiger partial charge in [-0.15, -0.1) is 0 Å². The Kier molecular flexibility index (Phi) is 2.52. The van der Waals surface area contributed by atoms with Gasteiger partial charge < -0.3 is 9.84 Å². The zero-order valence-corrected chi connectivity index (χ0v) is 7.41. The van der Waals surface area contributed by atoms with Crippen molar-refractivity contribution in [2.24, 2.45) is 5.92 Å². The van der Waals surface area contributed by atoms with Gasteiger partial charge in [-0.3, -0.25) is 0 Å². The Bertz CT molecular complexity index is 210. The fraction of sp³-hybridized carbons (Fsp3) is 0.667. The van der Waals surface area contributed by atoms with Gasteiger partial charge in [-0.2, -0.15) is 0 Å². The van der Waals surface area contributed by atoms with Gasteiger partial charge in [-0.05, 0) is 25.3 Å². The average Bonchev–Trinajstić information content (AvgIpc) is 2.30. The second-order valence-electron chi connectivity index (χ2n) is 3.56. The van der Waals surface area contributed by atoms with Crippen molar-refractivity contribution < 1.29 is 14.6 Å². The molecule has 3 heteroatoms. The summed E-state index contributed by atoms with van der Waals surface area (Å²) in [5, 5.41) is 8.81. The molecule has 0 bridgehead atoms. The van der Waals surface area contributed by atoms with E-state index in [1.54, 1.807) is 6.08 Å². The van der Waals surface area contributed by atoms with Crippen LogP contribution >= 0.6 is 0 Å². The second-order valence-corrected chi connectivity index (χ2v) is 3.56.